The van der Waals surface area contributed by atoms with Crippen molar-refractivity contribution in [2.75, 3.05) is 13.3 Å². The maximum Gasteiger partial charge on any atom is 0.350 e. The Morgan fingerprint density at radius 3 is 2.24 bits per heavy atom. The molecule has 0 aromatic rings. The van der Waals surface area contributed by atoms with Gasteiger partial charge in [-0.05, 0) is 6.42 Å². The average Bonchev–Trinajstić information content (AvgIpc) is 3.15. The third-order valence-corrected chi connectivity index (χ3v) is 6.34. The molecule has 2 heterocycles. The Hall–Kier alpha value is -1.87. The van der Waals surface area contributed by atoms with Crippen LogP contribution in [0.5, 0.6) is 0 Å². The van der Waals surface area contributed by atoms with E-state index >= 15 is 0 Å². The summed E-state index contributed by atoms with van der Waals surface area (Å²) in [6.45, 7) is 2.40. The lowest BCUT2D eigenvalue weighted by Crippen LogP contribution is -2.52. The third kappa shape index (κ3) is 10.7. The van der Waals surface area contributed by atoms with Crippen molar-refractivity contribution in [2.45, 2.75) is 122 Å². The average molecular weight is 469 g/mol. The molecule has 33 heavy (non-hydrogen) atoms. The van der Waals surface area contributed by atoms with Gasteiger partial charge in [-0.15, -0.1) is 0 Å². The Bertz CT molecular complexity index is 616. The fourth-order valence-electron chi connectivity index (χ4n) is 4.26. The molecule has 2 aliphatic rings. The van der Waals surface area contributed by atoms with Crippen molar-refractivity contribution in [3.63, 3.8) is 0 Å². The molecule has 2 aliphatic heterocycles. The quantitative estimate of drug-likeness (QED) is 0.219. The number of hydrogen-bond donors (Lipinski definition) is 3. The Morgan fingerprint density at radius 2 is 1.67 bits per heavy atom. The fourth-order valence-corrected chi connectivity index (χ4v) is 4.26. The monoisotopic (exact) mass is 468 g/mol. The number of guanidine groups is 1. The van der Waals surface area contributed by atoms with Crippen LogP contribution in [0.3, 0.4) is 0 Å². The van der Waals surface area contributed by atoms with Crippen molar-refractivity contribution in [1.82, 2.24) is 10.2 Å². The van der Waals surface area contributed by atoms with E-state index in [1.807, 2.05) is 0 Å². The van der Waals surface area contributed by atoms with E-state index in [1.165, 1.54) is 69.1 Å². The number of urea groups is 1. The second-order valence-electron chi connectivity index (χ2n) is 9.19. The van der Waals surface area contributed by atoms with Gasteiger partial charge in [-0.1, -0.05) is 84.0 Å². The lowest BCUT2D eigenvalue weighted by Gasteiger charge is -2.29. The van der Waals surface area contributed by atoms with E-state index in [4.69, 9.17) is 15.2 Å². The molecular weight excluding hydrogens is 424 g/mol. The van der Waals surface area contributed by atoms with Crippen LogP contribution in [-0.2, 0) is 14.3 Å². The van der Waals surface area contributed by atoms with Crippen LogP contribution in [0.15, 0.2) is 4.99 Å². The summed E-state index contributed by atoms with van der Waals surface area (Å²) in [4.78, 5) is 29.0. The lowest BCUT2D eigenvalue weighted by molar-refractivity contribution is -0.151. The molecule has 0 saturated carbocycles. The second kappa shape index (κ2) is 15.9. The molecule has 0 radical (unpaired) electrons. The SMILES string of the molecule is CCCCCCCCCCCCCCCC(=O)OC[C@H]1O[C@@H](N2CNC(N)=NC2=O)CC1O. The smallest absolute Gasteiger partial charge is 0.350 e. The summed E-state index contributed by atoms with van der Waals surface area (Å²) in [5, 5.41) is 13.0. The predicted octanol–water partition coefficient (Wildman–Crippen LogP) is 3.78. The zero-order valence-corrected chi connectivity index (χ0v) is 20.3. The number of nitrogens with one attached hydrogen (secondary N) is 1. The van der Waals surface area contributed by atoms with E-state index in [1.54, 1.807) is 0 Å². The molecule has 1 fully saturated rings. The van der Waals surface area contributed by atoms with Gasteiger partial charge in [0.1, 0.15) is 18.9 Å². The Kier molecular flexibility index (Phi) is 13.2. The summed E-state index contributed by atoms with van der Waals surface area (Å²) in [7, 11) is 0. The summed E-state index contributed by atoms with van der Waals surface area (Å²) in [6.07, 6.45) is 14.9. The summed E-state index contributed by atoms with van der Waals surface area (Å²) in [6, 6.07) is -0.511. The number of aliphatic hydroxyl groups excluding tert-OH is 1. The minimum absolute atomic E-state index is 0.0180. The highest BCUT2D eigenvalue weighted by Gasteiger charge is 2.40. The van der Waals surface area contributed by atoms with Crippen molar-refractivity contribution in [3.05, 3.63) is 0 Å². The second-order valence-corrected chi connectivity index (χ2v) is 9.19. The first-order chi connectivity index (χ1) is 16.0. The molecule has 9 heteroatoms. The number of carbonyl (C=O) groups is 2. The number of amides is 2. The van der Waals surface area contributed by atoms with E-state index < -0.39 is 24.5 Å². The molecule has 2 rings (SSSR count). The molecule has 0 aliphatic carbocycles. The number of unbranched alkanes of at least 4 members (excludes halogenated alkanes) is 12. The van der Waals surface area contributed by atoms with Crippen LogP contribution in [0, 0.1) is 0 Å². The van der Waals surface area contributed by atoms with Gasteiger partial charge in [-0.3, -0.25) is 9.69 Å². The Balaban J connectivity index is 1.44. The Morgan fingerprint density at radius 1 is 1.09 bits per heavy atom. The first-order valence-corrected chi connectivity index (χ1v) is 12.9. The van der Waals surface area contributed by atoms with E-state index in [0.717, 1.165) is 19.3 Å². The summed E-state index contributed by atoms with van der Waals surface area (Å²) < 4.78 is 11.0. The van der Waals surface area contributed by atoms with Gasteiger partial charge in [-0.2, -0.15) is 4.99 Å². The van der Waals surface area contributed by atoms with Gasteiger partial charge in [0, 0.05) is 12.8 Å². The number of esters is 1. The summed E-state index contributed by atoms with van der Waals surface area (Å²) in [5.41, 5.74) is 5.47. The van der Waals surface area contributed by atoms with Crippen LogP contribution in [-0.4, -0.2) is 59.7 Å². The molecule has 0 aromatic carbocycles. The van der Waals surface area contributed by atoms with E-state index in [0.29, 0.717) is 6.42 Å². The predicted molar refractivity (Wildman–Crippen MR) is 127 cm³/mol. The van der Waals surface area contributed by atoms with Crippen LogP contribution in [0.4, 0.5) is 4.79 Å². The number of nitrogens with two attached hydrogens (primary N) is 1. The maximum atomic E-state index is 12.0. The van der Waals surface area contributed by atoms with Crippen LogP contribution >= 0.6 is 0 Å². The summed E-state index contributed by atoms with van der Waals surface area (Å²) in [5.74, 6) is -0.209. The van der Waals surface area contributed by atoms with Crippen LogP contribution in [0.2, 0.25) is 0 Å². The van der Waals surface area contributed by atoms with Gasteiger partial charge in [-0.25, -0.2) is 4.79 Å². The molecule has 4 N–H and O–H groups in total. The number of aliphatic hydroxyl groups is 1. The molecule has 3 atom stereocenters. The van der Waals surface area contributed by atoms with Crippen molar-refractivity contribution < 1.29 is 24.2 Å². The Labute approximate surface area is 198 Å². The normalized spacial score (nSPS) is 22.8. The molecule has 2 amide bonds. The zero-order valence-electron chi connectivity index (χ0n) is 20.3. The standard InChI is InChI=1S/C24H44N4O5/c1-2-3-4-5-6-7-8-9-10-11-12-13-14-15-22(30)32-17-20-19(29)16-21(33-20)28-18-26-23(25)27-24(28)31/h19-21,29H,2-18H2,1H3,(H3,25,26,27,31)/t19?,20-,21-/m1/s1. The van der Waals surface area contributed by atoms with Gasteiger partial charge in [0.2, 0.25) is 0 Å². The van der Waals surface area contributed by atoms with Crippen LogP contribution in [0.25, 0.3) is 0 Å². The van der Waals surface area contributed by atoms with Crippen LogP contribution in [0.1, 0.15) is 103 Å². The first-order valence-electron chi connectivity index (χ1n) is 12.9. The van der Waals surface area contributed by atoms with E-state index in [2.05, 4.69) is 17.2 Å². The number of nitrogens with zero attached hydrogens (tertiary/aromatic N) is 2. The highest BCUT2D eigenvalue weighted by molar-refractivity contribution is 5.93. The number of carbonyl (C=O) groups excluding carboxylic acids is 2. The van der Waals surface area contributed by atoms with Gasteiger partial charge < -0.3 is 25.6 Å². The lowest BCUT2D eigenvalue weighted by atomic mass is 10.0. The highest BCUT2D eigenvalue weighted by atomic mass is 16.6. The van der Waals surface area contributed by atoms with Crippen LogP contribution < -0.4 is 11.1 Å². The zero-order chi connectivity index (χ0) is 23.9. The van der Waals surface area contributed by atoms with E-state index in [-0.39, 0.29) is 31.6 Å². The van der Waals surface area contributed by atoms with Crippen molar-refractivity contribution >= 4 is 18.0 Å². The minimum Gasteiger partial charge on any atom is -0.463 e. The minimum atomic E-state index is -0.810. The third-order valence-electron chi connectivity index (χ3n) is 6.34. The largest absolute Gasteiger partial charge is 0.463 e. The van der Waals surface area contributed by atoms with Crippen molar-refractivity contribution in [1.29, 1.82) is 0 Å². The van der Waals surface area contributed by atoms with Crippen molar-refractivity contribution in [2.24, 2.45) is 10.7 Å². The highest BCUT2D eigenvalue weighted by Crippen LogP contribution is 2.25. The number of aliphatic imine (C=N–C) groups is 1. The molecule has 0 aromatic heterocycles. The molecule has 9 nitrogen and oxygen atoms in total. The van der Waals surface area contributed by atoms with Gasteiger partial charge >= 0.3 is 12.0 Å². The van der Waals surface area contributed by atoms with Crippen molar-refractivity contribution in [3.8, 4) is 0 Å². The molecule has 190 valence electrons. The topological polar surface area (TPSA) is 126 Å². The van der Waals surface area contributed by atoms with Gasteiger partial charge in [0.15, 0.2) is 5.96 Å². The summed E-state index contributed by atoms with van der Waals surface area (Å²) >= 11 is 0. The van der Waals surface area contributed by atoms with E-state index in [9.17, 15) is 14.7 Å². The first kappa shape index (κ1) is 27.4. The molecular formula is C24H44N4O5. The molecule has 1 saturated heterocycles. The number of rotatable bonds is 17. The fraction of sp³-hybridized carbons (Fsp3) is 0.875. The number of ether oxygens (including phenoxy) is 2. The van der Waals surface area contributed by atoms with Gasteiger partial charge in [0.05, 0.1) is 12.8 Å². The van der Waals surface area contributed by atoms with Gasteiger partial charge in [0.25, 0.3) is 0 Å². The number of hydrogen-bond acceptors (Lipinski definition) is 7. The molecule has 0 spiro atoms. The maximum absolute atomic E-state index is 12.0. The molecule has 0 bridgehead atoms. The molecule has 1 unspecified atom stereocenters.